The first-order chi connectivity index (χ1) is 20.9. The first-order valence-electron chi connectivity index (χ1n) is 12.7. The van der Waals surface area contributed by atoms with Gasteiger partial charge in [-0.25, -0.2) is 5.43 Å². The molecule has 0 aliphatic rings. The molecule has 0 saturated carbocycles. The van der Waals surface area contributed by atoms with Crippen LogP contribution in [0.3, 0.4) is 0 Å². The van der Waals surface area contributed by atoms with Crippen LogP contribution in [0.2, 0.25) is 0 Å². The predicted octanol–water partition coefficient (Wildman–Crippen LogP) is 4.57. The standard InChI is InChI=1S/C29H31N7O7/c1-39-20-9-7-6-8-19(20)32-25-14-26(35-30-15-17-10-21(40-2)27(37)22(11-17)41-3)34-29(33-25)36-31-16-18-12-23(42-4)28(38)24(13-18)43-5/h6-16,37-38H,1-5H3,(H3,32,33,34,35,36). The second-order valence-corrected chi connectivity index (χ2v) is 8.58. The van der Waals surface area contributed by atoms with Crippen molar-refractivity contribution in [2.24, 2.45) is 10.2 Å². The summed E-state index contributed by atoms with van der Waals surface area (Å²) in [7, 11) is 7.33. The van der Waals surface area contributed by atoms with Crippen LogP contribution in [-0.4, -0.2) is 68.2 Å². The predicted molar refractivity (Wildman–Crippen MR) is 163 cm³/mol. The number of para-hydroxylation sites is 2. The van der Waals surface area contributed by atoms with E-state index in [4.69, 9.17) is 23.7 Å². The van der Waals surface area contributed by atoms with Gasteiger partial charge in [0.1, 0.15) is 11.6 Å². The molecule has 1 aromatic heterocycles. The second-order valence-electron chi connectivity index (χ2n) is 8.58. The molecule has 0 aliphatic heterocycles. The summed E-state index contributed by atoms with van der Waals surface area (Å²) in [6, 6.07) is 15.4. The van der Waals surface area contributed by atoms with Gasteiger partial charge in [0, 0.05) is 17.2 Å². The van der Waals surface area contributed by atoms with E-state index in [-0.39, 0.29) is 40.4 Å². The van der Waals surface area contributed by atoms with Crippen LogP contribution in [0, 0.1) is 0 Å². The summed E-state index contributed by atoms with van der Waals surface area (Å²) >= 11 is 0. The molecule has 0 saturated heterocycles. The van der Waals surface area contributed by atoms with Crippen molar-refractivity contribution >= 4 is 35.7 Å². The van der Waals surface area contributed by atoms with E-state index in [0.29, 0.717) is 34.2 Å². The number of benzene rings is 3. The Labute approximate surface area is 247 Å². The number of hydrogen-bond acceptors (Lipinski definition) is 14. The number of hydrogen-bond donors (Lipinski definition) is 5. The number of aromatic hydroxyl groups is 2. The zero-order chi connectivity index (χ0) is 30.8. The van der Waals surface area contributed by atoms with E-state index >= 15 is 0 Å². The normalized spacial score (nSPS) is 10.9. The molecule has 4 aromatic rings. The van der Waals surface area contributed by atoms with Gasteiger partial charge in [-0.2, -0.15) is 20.2 Å². The number of methoxy groups -OCH3 is 5. The number of phenolic OH excluding ortho intramolecular Hbond substituents is 2. The van der Waals surface area contributed by atoms with Gasteiger partial charge < -0.3 is 39.2 Å². The van der Waals surface area contributed by atoms with Crippen LogP contribution >= 0.6 is 0 Å². The zero-order valence-electron chi connectivity index (χ0n) is 24.1. The first-order valence-corrected chi connectivity index (χ1v) is 12.7. The molecule has 1 heterocycles. The molecule has 0 spiro atoms. The Balaban J connectivity index is 1.61. The number of anilines is 4. The fraction of sp³-hybridized carbons (Fsp3) is 0.172. The Kier molecular flexibility index (Phi) is 9.87. The summed E-state index contributed by atoms with van der Waals surface area (Å²) in [5.74, 6) is 2.20. The number of phenols is 2. The lowest BCUT2D eigenvalue weighted by molar-refractivity contribution is 0.340. The third-order valence-corrected chi connectivity index (χ3v) is 5.87. The SMILES string of the molecule is COc1ccccc1Nc1cc(NN=Cc2cc(OC)c(O)c(OC)c2)nc(NN=Cc2cc(OC)c(O)c(OC)c2)n1. The molecule has 224 valence electrons. The van der Waals surface area contributed by atoms with Crippen LogP contribution in [0.4, 0.5) is 23.3 Å². The molecule has 5 N–H and O–H groups in total. The van der Waals surface area contributed by atoms with Crippen molar-refractivity contribution in [2.75, 3.05) is 51.7 Å². The topological polar surface area (TPSA) is 173 Å². The largest absolute Gasteiger partial charge is 0.502 e. The molecule has 14 nitrogen and oxygen atoms in total. The third-order valence-electron chi connectivity index (χ3n) is 5.87. The summed E-state index contributed by atoms with van der Waals surface area (Å²) in [5.41, 5.74) is 7.54. The third kappa shape index (κ3) is 7.43. The summed E-state index contributed by atoms with van der Waals surface area (Å²) in [5, 5.41) is 32.0. The molecule has 3 aromatic carbocycles. The molecule has 0 bridgehead atoms. The lowest BCUT2D eigenvalue weighted by atomic mass is 10.2. The van der Waals surface area contributed by atoms with Crippen LogP contribution in [0.1, 0.15) is 11.1 Å². The summed E-state index contributed by atoms with van der Waals surface area (Å²) in [4.78, 5) is 8.93. The maximum absolute atomic E-state index is 10.2. The average molecular weight is 590 g/mol. The van der Waals surface area contributed by atoms with E-state index in [1.54, 1.807) is 37.4 Å². The van der Waals surface area contributed by atoms with Gasteiger partial charge in [0.15, 0.2) is 28.8 Å². The fourth-order valence-corrected chi connectivity index (χ4v) is 3.82. The van der Waals surface area contributed by atoms with Crippen molar-refractivity contribution in [3.05, 3.63) is 65.7 Å². The maximum Gasteiger partial charge on any atom is 0.247 e. The number of nitrogens with zero attached hydrogens (tertiary/aromatic N) is 4. The van der Waals surface area contributed by atoms with Gasteiger partial charge >= 0.3 is 0 Å². The lowest BCUT2D eigenvalue weighted by Gasteiger charge is -2.12. The molecule has 0 radical (unpaired) electrons. The summed E-state index contributed by atoms with van der Waals surface area (Å²) < 4.78 is 26.2. The number of rotatable bonds is 13. The molecule has 0 aliphatic carbocycles. The van der Waals surface area contributed by atoms with E-state index in [2.05, 4.69) is 36.3 Å². The van der Waals surface area contributed by atoms with Gasteiger partial charge in [-0.1, -0.05) is 12.1 Å². The van der Waals surface area contributed by atoms with Crippen LogP contribution in [0.5, 0.6) is 40.2 Å². The highest BCUT2D eigenvalue weighted by Crippen LogP contribution is 2.37. The van der Waals surface area contributed by atoms with Crippen molar-refractivity contribution in [2.45, 2.75) is 0 Å². The van der Waals surface area contributed by atoms with Gasteiger partial charge in [-0.15, -0.1) is 0 Å². The number of hydrazone groups is 2. The maximum atomic E-state index is 10.2. The van der Waals surface area contributed by atoms with Crippen molar-refractivity contribution in [3.8, 4) is 40.2 Å². The Bertz CT molecular complexity index is 1490. The van der Waals surface area contributed by atoms with Crippen LogP contribution in [0.25, 0.3) is 0 Å². The van der Waals surface area contributed by atoms with Crippen molar-refractivity contribution in [1.82, 2.24) is 9.97 Å². The quantitative estimate of drug-likeness (QED) is 0.109. The zero-order valence-corrected chi connectivity index (χ0v) is 24.1. The monoisotopic (exact) mass is 589 g/mol. The van der Waals surface area contributed by atoms with Crippen molar-refractivity contribution in [3.63, 3.8) is 0 Å². The van der Waals surface area contributed by atoms with Crippen molar-refractivity contribution < 1.29 is 33.9 Å². The second kappa shape index (κ2) is 14.1. The highest BCUT2D eigenvalue weighted by Gasteiger charge is 2.12. The van der Waals surface area contributed by atoms with Gasteiger partial charge in [0.25, 0.3) is 0 Å². The van der Waals surface area contributed by atoms with E-state index in [9.17, 15) is 10.2 Å². The minimum atomic E-state index is -0.117. The molecule has 43 heavy (non-hydrogen) atoms. The smallest absolute Gasteiger partial charge is 0.247 e. The van der Waals surface area contributed by atoms with Crippen LogP contribution in [0.15, 0.2) is 64.8 Å². The highest BCUT2D eigenvalue weighted by atomic mass is 16.5. The Morgan fingerprint density at radius 3 is 1.58 bits per heavy atom. The van der Waals surface area contributed by atoms with Gasteiger partial charge in [-0.05, 0) is 36.4 Å². The first kappa shape index (κ1) is 30.0. The molecule has 14 heteroatoms. The van der Waals surface area contributed by atoms with Crippen LogP contribution in [-0.2, 0) is 0 Å². The Morgan fingerprint density at radius 1 is 0.605 bits per heavy atom. The number of nitrogens with one attached hydrogen (secondary N) is 3. The number of aromatic nitrogens is 2. The van der Waals surface area contributed by atoms with E-state index in [1.807, 2.05) is 24.3 Å². The molecular formula is C29H31N7O7. The van der Waals surface area contributed by atoms with Gasteiger partial charge in [0.2, 0.25) is 17.4 Å². The van der Waals surface area contributed by atoms with E-state index in [1.165, 1.54) is 40.9 Å². The van der Waals surface area contributed by atoms with Gasteiger partial charge in [-0.3, -0.25) is 5.43 Å². The summed E-state index contributed by atoms with van der Waals surface area (Å²) in [6.45, 7) is 0. The molecule has 0 fully saturated rings. The van der Waals surface area contributed by atoms with Crippen LogP contribution < -0.4 is 39.9 Å². The molecule has 0 atom stereocenters. The molecular weight excluding hydrogens is 558 g/mol. The average Bonchev–Trinajstić information content (AvgIpc) is 3.02. The lowest BCUT2D eigenvalue weighted by Crippen LogP contribution is -2.05. The van der Waals surface area contributed by atoms with Crippen molar-refractivity contribution in [1.29, 1.82) is 0 Å². The summed E-state index contributed by atoms with van der Waals surface area (Å²) in [6.07, 6.45) is 3.00. The Morgan fingerprint density at radius 2 is 1.07 bits per heavy atom. The molecule has 4 rings (SSSR count). The van der Waals surface area contributed by atoms with E-state index < -0.39 is 0 Å². The minimum absolute atomic E-state index is 0.113. The number of ether oxygens (including phenoxy) is 5. The van der Waals surface area contributed by atoms with Gasteiger partial charge in [0.05, 0.1) is 53.7 Å². The fourth-order valence-electron chi connectivity index (χ4n) is 3.82. The minimum Gasteiger partial charge on any atom is -0.502 e. The Hall–Kier alpha value is -5.92. The molecule has 0 unspecified atom stereocenters. The van der Waals surface area contributed by atoms with E-state index in [0.717, 1.165) is 0 Å². The molecule has 0 amide bonds. The highest BCUT2D eigenvalue weighted by molar-refractivity contribution is 5.83.